The van der Waals surface area contributed by atoms with Crippen molar-refractivity contribution < 1.29 is 17.9 Å². The summed E-state index contributed by atoms with van der Waals surface area (Å²) in [5, 5.41) is 0. The summed E-state index contributed by atoms with van der Waals surface area (Å²) in [6.07, 6.45) is 4.74. The van der Waals surface area contributed by atoms with E-state index in [1.54, 1.807) is 19.2 Å². The Morgan fingerprint density at radius 1 is 1.10 bits per heavy atom. The van der Waals surface area contributed by atoms with Crippen LogP contribution in [0.3, 0.4) is 0 Å². The zero-order chi connectivity index (χ0) is 21.8. The van der Waals surface area contributed by atoms with Gasteiger partial charge in [0.2, 0.25) is 10.0 Å². The molecular weight excluding hydrogens is 410 g/mol. The Balaban J connectivity index is 1.36. The zero-order valence-corrected chi connectivity index (χ0v) is 19.3. The Hall–Kier alpha value is -1.89. The van der Waals surface area contributed by atoms with Crippen LogP contribution in [0.5, 0.6) is 5.75 Å². The largest absolute Gasteiger partial charge is 0.497 e. The number of hydrogen-bond donors (Lipinski definition) is 0. The minimum Gasteiger partial charge on any atom is -0.497 e. The molecule has 1 saturated carbocycles. The molecule has 0 spiro atoms. The summed E-state index contributed by atoms with van der Waals surface area (Å²) in [7, 11) is -1.71. The lowest BCUT2D eigenvalue weighted by Crippen LogP contribution is -2.40. The van der Waals surface area contributed by atoms with Gasteiger partial charge in [-0.05, 0) is 78.8 Å². The van der Waals surface area contributed by atoms with Gasteiger partial charge in [0.15, 0.2) is 0 Å². The average molecular weight is 444 g/mol. The van der Waals surface area contributed by atoms with Gasteiger partial charge in [-0.25, -0.2) is 8.42 Å². The second-order valence-electron chi connectivity index (χ2n) is 8.87. The van der Waals surface area contributed by atoms with E-state index in [2.05, 4.69) is 25.1 Å². The summed E-state index contributed by atoms with van der Waals surface area (Å²) in [5.74, 6) is 2.63. The smallest absolute Gasteiger partial charge is 0.243 e. The monoisotopic (exact) mass is 443 g/mol. The molecule has 1 aliphatic carbocycles. The molecule has 1 heterocycles. The fourth-order valence-electron chi connectivity index (χ4n) is 5.02. The minimum atomic E-state index is -3.42. The topological polar surface area (TPSA) is 55.8 Å². The molecule has 0 radical (unpaired) electrons. The van der Waals surface area contributed by atoms with Gasteiger partial charge in [-0.15, -0.1) is 0 Å². The third-order valence-electron chi connectivity index (χ3n) is 6.85. The number of ether oxygens (including phenoxy) is 2. The van der Waals surface area contributed by atoms with Crippen molar-refractivity contribution in [1.82, 2.24) is 4.31 Å². The van der Waals surface area contributed by atoms with Gasteiger partial charge in [-0.2, -0.15) is 4.31 Å². The lowest BCUT2D eigenvalue weighted by molar-refractivity contribution is 0.0730. The van der Waals surface area contributed by atoms with Gasteiger partial charge < -0.3 is 9.47 Å². The van der Waals surface area contributed by atoms with E-state index in [9.17, 15) is 8.42 Å². The second kappa shape index (κ2) is 9.72. The standard InChI is InChI=1S/C25H33NO4S/c1-19(22-4-3-5-24(18-22)29-2)16-20-6-7-23(17-20)21-8-10-25(11-9-21)31(27,28)26-12-14-30-15-13-26/h3-5,8-11,18-20,23H,6-7,12-17H2,1-2H3/t19-,20?,23?/m0/s1. The molecule has 168 valence electrons. The van der Waals surface area contributed by atoms with Gasteiger partial charge in [-0.3, -0.25) is 0 Å². The first-order valence-corrected chi connectivity index (χ1v) is 12.7. The van der Waals surface area contributed by atoms with Crippen molar-refractivity contribution in [2.24, 2.45) is 5.92 Å². The fraction of sp³-hybridized carbons (Fsp3) is 0.520. The summed E-state index contributed by atoms with van der Waals surface area (Å²) in [6, 6.07) is 16.0. The van der Waals surface area contributed by atoms with Crippen LogP contribution in [0.15, 0.2) is 53.4 Å². The second-order valence-corrected chi connectivity index (χ2v) is 10.8. The van der Waals surface area contributed by atoms with Crippen molar-refractivity contribution in [2.45, 2.75) is 49.3 Å². The molecule has 0 aromatic heterocycles. The van der Waals surface area contributed by atoms with E-state index in [0.717, 1.165) is 5.75 Å². The van der Waals surface area contributed by atoms with Crippen LogP contribution in [0.1, 0.15) is 55.6 Å². The maximum absolute atomic E-state index is 12.8. The Morgan fingerprint density at radius 2 is 1.84 bits per heavy atom. The molecule has 2 fully saturated rings. The lowest BCUT2D eigenvalue weighted by atomic mass is 9.88. The summed E-state index contributed by atoms with van der Waals surface area (Å²) in [6.45, 7) is 4.09. The molecule has 4 rings (SSSR count). The lowest BCUT2D eigenvalue weighted by Gasteiger charge is -2.26. The van der Waals surface area contributed by atoms with Crippen LogP contribution in [0.4, 0.5) is 0 Å². The van der Waals surface area contributed by atoms with Gasteiger partial charge in [0.25, 0.3) is 0 Å². The molecule has 0 N–H and O–H groups in total. The number of hydrogen-bond acceptors (Lipinski definition) is 4. The predicted octanol–water partition coefficient (Wildman–Crippen LogP) is 4.79. The highest BCUT2D eigenvalue weighted by Gasteiger charge is 2.29. The van der Waals surface area contributed by atoms with Crippen LogP contribution < -0.4 is 4.74 Å². The molecule has 6 heteroatoms. The van der Waals surface area contributed by atoms with E-state index in [1.165, 1.54) is 41.1 Å². The van der Waals surface area contributed by atoms with E-state index < -0.39 is 10.0 Å². The zero-order valence-electron chi connectivity index (χ0n) is 18.5. The fourth-order valence-corrected chi connectivity index (χ4v) is 6.43. The Kier molecular flexibility index (Phi) is 6.99. The van der Waals surface area contributed by atoms with Crippen LogP contribution in [-0.2, 0) is 14.8 Å². The number of nitrogens with zero attached hydrogens (tertiary/aromatic N) is 1. The van der Waals surface area contributed by atoms with Gasteiger partial charge in [0.1, 0.15) is 5.75 Å². The molecule has 2 aromatic rings. The molecule has 2 unspecified atom stereocenters. The van der Waals surface area contributed by atoms with Crippen LogP contribution in [0.2, 0.25) is 0 Å². The van der Waals surface area contributed by atoms with E-state index in [4.69, 9.17) is 9.47 Å². The molecule has 0 amide bonds. The molecule has 1 saturated heterocycles. The van der Waals surface area contributed by atoms with Crippen molar-refractivity contribution in [2.75, 3.05) is 33.4 Å². The molecule has 1 aliphatic heterocycles. The number of rotatable bonds is 7. The third kappa shape index (κ3) is 5.13. The van der Waals surface area contributed by atoms with E-state index in [1.807, 2.05) is 18.2 Å². The van der Waals surface area contributed by atoms with Gasteiger partial charge >= 0.3 is 0 Å². The first-order valence-electron chi connectivity index (χ1n) is 11.3. The van der Waals surface area contributed by atoms with E-state index in [-0.39, 0.29) is 0 Å². The highest BCUT2D eigenvalue weighted by atomic mass is 32.2. The van der Waals surface area contributed by atoms with Gasteiger partial charge in [0.05, 0.1) is 25.2 Å². The van der Waals surface area contributed by atoms with E-state index >= 15 is 0 Å². The van der Waals surface area contributed by atoms with Crippen LogP contribution in [-0.4, -0.2) is 46.1 Å². The van der Waals surface area contributed by atoms with Crippen molar-refractivity contribution in [1.29, 1.82) is 0 Å². The summed E-state index contributed by atoms with van der Waals surface area (Å²) >= 11 is 0. The number of benzene rings is 2. The van der Waals surface area contributed by atoms with E-state index in [0.29, 0.717) is 49.0 Å². The summed E-state index contributed by atoms with van der Waals surface area (Å²) in [5.41, 5.74) is 2.60. The summed E-state index contributed by atoms with van der Waals surface area (Å²) < 4.78 is 37.8. The normalized spacial score (nSPS) is 23.5. The molecule has 0 bridgehead atoms. The van der Waals surface area contributed by atoms with Crippen molar-refractivity contribution in [3.05, 3.63) is 59.7 Å². The van der Waals surface area contributed by atoms with Gasteiger partial charge in [-0.1, -0.05) is 31.2 Å². The highest BCUT2D eigenvalue weighted by Crippen LogP contribution is 2.42. The van der Waals surface area contributed by atoms with Crippen LogP contribution >= 0.6 is 0 Å². The first kappa shape index (κ1) is 22.3. The summed E-state index contributed by atoms with van der Waals surface area (Å²) in [4.78, 5) is 0.388. The first-order chi connectivity index (χ1) is 15.0. The van der Waals surface area contributed by atoms with Crippen LogP contribution in [0, 0.1) is 5.92 Å². The SMILES string of the molecule is COc1cccc([C@@H](C)CC2CCC(c3ccc(S(=O)(=O)N4CCOCC4)cc3)C2)c1. The number of morpholine rings is 1. The maximum atomic E-state index is 12.8. The van der Waals surface area contributed by atoms with Crippen LogP contribution in [0.25, 0.3) is 0 Å². The number of sulfonamides is 1. The van der Waals surface area contributed by atoms with Crippen molar-refractivity contribution >= 4 is 10.0 Å². The molecule has 3 atom stereocenters. The Morgan fingerprint density at radius 3 is 2.55 bits per heavy atom. The average Bonchev–Trinajstić information content (AvgIpc) is 3.28. The molecule has 2 aliphatic rings. The quantitative estimate of drug-likeness (QED) is 0.617. The van der Waals surface area contributed by atoms with Gasteiger partial charge in [0, 0.05) is 13.1 Å². The minimum absolute atomic E-state index is 0.388. The Bertz CT molecular complexity index is 967. The highest BCUT2D eigenvalue weighted by molar-refractivity contribution is 7.89. The third-order valence-corrected chi connectivity index (χ3v) is 8.76. The van der Waals surface area contributed by atoms with Crippen molar-refractivity contribution in [3.63, 3.8) is 0 Å². The Labute approximate surface area is 186 Å². The molecular formula is C25H33NO4S. The molecule has 5 nitrogen and oxygen atoms in total. The predicted molar refractivity (Wildman–Crippen MR) is 122 cm³/mol. The molecule has 31 heavy (non-hydrogen) atoms. The maximum Gasteiger partial charge on any atom is 0.243 e. The molecule has 2 aromatic carbocycles. The number of methoxy groups -OCH3 is 1. The van der Waals surface area contributed by atoms with Crippen molar-refractivity contribution in [3.8, 4) is 5.75 Å².